The van der Waals surface area contributed by atoms with E-state index in [0.717, 1.165) is 0 Å². The van der Waals surface area contributed by atoms with Crippen molar-refractivity contribution in [1.29, 1.82) is 0 Å². The summed E-state index contributed by atoms with van der Waals surface area (Å²) in [6, 6.07) is 3.44. The van der Waals surface area contributed by atoms with Crippen LogP contribution >= 0.6 is 0 Å². The minimum absolute atomic E-state index is 0.0991. The Hall–Kier alpha value is -2.11. The number of rotatable bonds is 6. The van der Waals surface area contributed by atoms with Crippen molar-refractivity contribution in [2.75, 3.05) is 26.6 Å². The zero-order valence-electron chi connectivity index (χ0n) is 14.4. The Morgan fingerprint density at radius 1 is 0.955 bits per heavy atom. The van der Waals surface area contributed by atoms with Crippen LogP contribution in [-0.2, 0) is 0 Å². The van der Waals surface area contributed by atoms with Gasteiger partial charge < -0.3 is 24.4 Å². The Balaban J connectivity index is 3.10. The highest BCUT2D eigenvalue weighted by atomic mass is 16.5. The van der Waals surface area contributed by atoms with Gasteiger partial charge >= 0.3 is 6.03 Å². The van der Waals surface area contributed by atoms with Crippen molar-refractivity contribution in [3.63, 3.8) is 0 Å². The molecular weight excluding hydrogens is 284 g/mol. The summed E-state index contributed by atoms with van der Waals surface area (Å²) in [5, 5.41) is 2.88. The Kier molecular flexibility index (Phi) is 6.34. The molecule has 1 N–H and O–H groups in total. The summed E-state index contributed by atoms with van der Waals surface area (Å²) in [7, 11) is 4.62. The molecule has 0 saturated carbocycles. The molecule has 0 bridgehead atoms. The molecule has 0 atom stereocenters. The number of ether oxygens (including phenoxy) is 3. The van der Waals surface area contributed by atoms with E-state index in [4.69, 9.17) is 14.2 Å². The summed E-state index contributed by atoms with van der Waals surface area (Å²) in [5.74, 6) is 1.49. The van der Waals surface area contributed by atoms with Crippen LogP contribution in [-0.4, -0.2) is 44.3 Å². The van der Waals surface area contributed by atoms with E-state index >= 15 is 0 Å². The Bertz CT molecular complexity index is 482. The lowest BCUT2D eigenvalue weighted by atomic mass is 10.2. The minimum atomic E-state index is -0.167. The average Bonchev–Trinajstić information content (AvgIpc) is 2.45. The van der Waals surface area contributed by atoms with Crippen LogP contribution in [0.1, 0.15) is 27.7 Å². The van der Waals surface area contributed by atoms with Crippen molar-refractivity contribution in [2.45, 2.75) is 39.8 Å². The van der Waals surface area contributed by atoms with Crippen LogP contribution in [0.3, 0.4) is 0 Å². The Morgan fingerprint density at radius 3 is 1.73 bits per heavy atom. The molecule has 0 aromatic heterocycles. The SMILES string of the molecule is COc1cc(NC(=O)N(C(C)C)C(C)C)cc(OC)c1OC. The van der Waals surface area contributed by atoms with Crippen molar-refractivity contribution >= 4 is 11.7 Å². The largest absolute Gasteiger partial charge is 0.493 e. The predicted octanol–water partition coefficient (Wildman–Crippen LogP) is 3.36. The number of anilines is 1. The first kappa shape index (κ1) is 17.9. The Morgan fingerprint density at radius 2 is 1.41 bits per heavy atom. The van der Waals surface area contributed by atoms with Gasteiger partial charge in [0.15, 0.2) is 11.5 Å². The standard InChI is InChI=1S/C16H26N2O4/c1-10(2)18(11(3)4)16(19)17-12-8-13(20-5)15(22-7)14(9-12)21-6/h8-11H,1-7H3,(H,17,19). The molecule has 6 nitrogen and oxygen atoms in total. The fraction of sp³-hybridized carbons (Fsp3) is 0.562. The molecule has 0 unspecified atom stereocenters. The topological polar surface area (TPSA) is 60.0 Å². The molecule has 1 aromatic rings. The van der Waals surface area contributed by atoms with Gasteiger partial charge in [-0.3, -0.25) is 0 Å². The number of nitrogens with zero attached hydrogens (tertiary/aromatic N) is 1. The number of hydrogen-bond acceptors (Lipinski definition) is 4. The van der Waals surface area contributed by atoms with E-state index in [1.165, 1.54) is 21.3 Å². The van der Waals surface area contributed by atoms with E-state index in [-0.39, 0.29) is 18.1 Å². The summed E-state index contributed by atoms with van der Waals surface area (Å²) < 4.78 is 15.8. The quantitative estimate of drug-likeness (QED) is 0.875. The maximum Gasteiger partial charge on any atom is 0.322 e. The van der Waals surface area contributed by atoms with Gasteiger partial charge in [0.05, 0.1) is 27.0 Å². The van der Waals surface area contributed by atoms with Gasteiger partial charge in [0.1, 0.15) is 0 Å². The lowest BCUT2D eigenvalue weighted by Crippen LogP contribution is -2.44. The summed E-state index contributed by atoms with van der Waals surface area (Å²) in [4.78, 5) is 14.2. The van der Waals surface area contributed by atoms with E-state index < -0.39 is 0 Å². The smallest absolute Gasteiger partial charge is 0.322 e. The maximum absolute atomic E-state index is 12.5. The molecule has 0 radical (unpaired) electrons. The van der Waals surface area contributed by atoms with E-state index in [2.05, 4.69) is 5.32 Å². The van der Waals surface area contributed by atoms with E-state index in [1.807, 2.05) is 27.7 Å². The van der Waals surface area contributed by atoms with Gasteiger partial charge in [0.2, 0.25) is 5.75 Å². The van der Waals surface area contributed by atoms with Crippen LogP contribution in [0.25, 0.3) is 0 Å². The number of methoxy groups -OCH3 is 3. The highest BCUT2D eigenvalue weighted by Gasteiger charge is 2.21. The molecule has 0 fully saturated rings. The first-order chi connectivity index (χ1) is 10.3. The highest BCUT2D eigenvalue weighted by molar-refractivity contribution is 5.90. The first-order valence-corrected chi connectivity index (χ1v) is 7.25. The van der Waals surface area contributed by atoms with Crippen molar-refractivity contribution < 1.29 is 19.0 Å². The Labute approximate surface area is 132 Å². The second-order valence-corrected chi connectivity index (χ2v) is 5.44. The number of nitrogens with one attached hydrogen (secondary N) is 1. The fourth-order valence-electron chi connectivity index (χ4n) is 2.41. The van der Waals surface area contributed by atoms with Crippen molar-refractivity contribution in [3.8, 4) is 17.2 Å². The molecule has 1 aromatic carbocycles. The molecule has 2 amide bonds. The second-order valence-electron chi connectivity index (χ2n) is 5.44. The first-order valence-electron chi connectivity index (χ1n) is 7.25. The fourth-order valence-corrected chi connectivity index (χ4v) is 2.41. The van der Waals surface area contributed by atoms with E-state index in [0.29, 0.717) is 22.9 Å². The average molecular weight is 310 g/mol. The third-order valence-corrected chi connectivity index (χ3v) is 3.26. The molecule has 0 aliphatic heterocycles. The van der Waals surface area contributed by atoms with Gasteiger partial charge in [-0.1, -0.05) is 0 Å². The molecule has 0 spiro atoms. The van der Waals surface area contributed by atoms with Gasteiger partial charge in [0.25, 0.3) is 0 Å². The third-order valence-electron chi connectivity index (χ3n) is 3.26. The monoisotopic (exact) mass is 310 g/mol. The number of benzene rings is 1. The zero-order valence-corrected chi connectivity index (χ0v) is 14.4. The third kappa shape index (κ3) is 3.96. The van der Waals surface area contributed by atoms with Crippen LogP contribution in [0.15, 0.2) is 12.1 Å². The molecule has 1 rings (SSSR count). The van der Waals surface area contributed by atoms with Gasteiger partial charge in [-0.2, -0.15) is 0 Å². The van der Waals surface area contributed by atoms with Crippen molar-refractivity contribution in [3.05, 3.63) is 12.1 Å². The molecule has 0 heterocycles. The van der Waals surface area contributed by atoms with E-state index in [1.54, 1.807) is 17.0 Å². The molecule has 0 saturated heterocycles. The molecule has 22 heavy (non-hydrogen) atoms. The van der Waals surface area contributed by atoms with Crippen LogP contribution in [0.5, 0.6) is 17.2 Å². The lowest BCUT2D eigenvalue weighted by Gasteiger charge is -2.30. The van der Waals surface area contributed by atoms with Crippen LogP contribution in [0.4, 0.5) is 10.5 Å². The lowest BCUT2D eigenvalue weighted by molar-refractivity contribution is 0.178. The van der Waals surface area contributed by atoms with Crippen molar-refractivity contribution in [1.82, 2.24) is 4.90 Å². The normalized spacial score (nSPS) is 10.6. The second kappa shape index (κ2) is 7.77. The molecule has 124 valence electrons. The van der Waals surface area contributed by atoms with Crippen LogP contribution in [0.2, 0.25) is 0 Å². The van der Waals surface area contributed by atoms with Crippen molar-refractivity contribution in [2.24, 2.45) is 0 Å². The predicted molar refractivity (Wildman–Crippen MR) is 87.2 cm³/mol. The molecular formula is C16H26N2O4. The minimum Gasteiger partial charge on any atom is -0.493 e. The maximum atomic E-state index is 12.5. The highest BCUT2D eigenvalue weighted by Crippen LogP contribution is 2.40. The summed E-state index contributed by atoms with van der Waals surface area (Å²) in [6.45, 7) is 7.92. The summed E-state index contributed by atoms with van der Waals surface area (Å²) >= 11 is 0. The van der Waals surface area contributed by atoms with Gasteiger partial charge in [-0.25, -0.2) is 4.79 Å². The number of hydrogen-bond donors (Lipinski definition) is 1. The van der Waals surface area contributed by atoms with Gasteiger partial charge in [-0.05, 0) is 27.7 Å². The summed E-state index contributed by atoms with van der Waals surface area (Å²) in [5.41, 5.74) is 0.589. The summed E-state index contributed by atoms with van der Waals surface area (Å²) in [6.07, 6.45) is 0. The molecule has 0 aliphatic rings. The zero-order chi connectivity index (χ0) is 16.9. The number of amides is 2. The number of carbonyl (C=O) groups excluding carboxylic acids is 1. The number of carbonyl (C=O) groups is 1. The molecule has 6 heteroatoms. The van der Waals surface area contributed by atoms with Gasteiger partial charge in [-0.15, -0.1) is 0 Å². The number of urea groups is 1. The molecule has 0 aliphatic carbocycles. The van der Waals surface area contributed by atoms with Crippen LogP contribution < -0.4 is 19.5 Å². The van der Waals surface area contributed by atoms with Crippen LogP contribution in [0, 0.1) is 0 Å². The van der Waals surface area contributed by atoms with E-state index in [9.17, 15) is 4.79 Å². The van der Waals surface area contributed by atoms with Gasteiger partial charge in [0, 0.05) is 24.2 Å².